The van der Waals surface area contributed by atoms with Gasteiger partial charge in [-0.2, -0.15) is 0 Å². The summed E-state index contributed by atoms with van der Waals surface area (Å²) in [6.45, 7) is 6.57. The number of aromatic nitrogens is 1. The predicted octanol–water partition coefficient (Wildman–Crippen LogP) is 4.19. The molecule has 2 aromatic heterocycles. The van der Waals surface area contributed by atoms with Gasteiger partial charge in [-0.3, -0.25) is 0 Å². The highest BCUT2D eigenvalue weighted by atomic mass is 32.1. The van der Waals surface area contributed by atoms with Gasteiger partial charge in [0.2, 0.25) is 0 Å². The molecular formula is C14H18N2S. The molecule has 1 N–H and O–H groups in total. The summed E-state index contributed by atoms with van der Waals surface area (Å²) in [6, 6.07) is 8.52. The fourth-order valence-electron chi connectivity index (χ4n) is 1.85. The molecule has 90 valence electrons. The molecule has 0 fully saturated rings. The van der Waals surface area contributed by atoms with Crippen LogP contribution in [0.2, 0.25) is 0 Å². The minimum absolute atomic E-state index is 0.314. The van der Waals surface area contributed by atoms with Crippen molar-refractivity contribution < 1.29 is 0 Å². The minimum atomic E-state index is 0.314. The van der Waals surface area contributed by atoms with Crippen molar-refractivity contribution in [2.24, 2.45) is 0 Å². The first-order valence-corrected chi connectivity index (χ1v) is 6.79. The summed E-state index contributed by atoms with van der Waals surface area (Å²) in [5.74, 6) is 0.934. The summed E-state index contributed by atoms with van der Waals surface area (Å²) >= 11 is 1.90. The first-order valence-electron chi connectivity index (χ1n) is 5.97. The monoisotopic (exact) mass is 246 g/mol. The first kappa shape index (κ1) is 12.1. The van der Waals surface area contributed by atoms with Crippen molar-refractivity contribution in [1.29, 1.82) is 0 Å². The Morgan fingerprint density at radius 2 is 2.24 bits per heavy atom. The van der Waals surface area contributed by atoms with Gasteiger partial charge < -0.3 is 5.32 Å². The van der Waals surface area contributed by atoms with E-state index in [0.29, 0.717) is 6.04 Å². The molecule has 0 aromatic carbocycles. The van der Waals surface area contributed by atoms with Crippen molar-refractivity contribution in [2.75, 3.05) is 5.32 Å². The number of pyridine rings is 1. The van der Waals surface area contributed by atoms with Crippen LogP contribution in [0, 0.1) is 6.92 Å². The minimum Gasteiger partial charge on any atom is -0.363 e. The normalized spacial score (nSPS) is 12.4. The lowest BCUT2D eigenvalue weighted by atomic mass is 10.2. The summed E-state index contributed by atoms with van der Waals surface area (Å²) in [5.41, 5.74) is 1.40. The Morgan fingerprint density at radius 3 is 2.82 bits per heavy atom. The third-order valence-electron chi connectivity index (χ3n) is 2.82. The molecule has 0 amide bonds. The standard InChI is InChI=1S/C14H18N2S/c1-4-12-10(2)9-13(17-12)11(3)16-14-7-5-6-8-15-14/h5-9,11H,4H2,1-3H3,(H,15,16). The van der Waals surface area contributed by atoms with Gasteiger partial charge in [-0.15, -0.1) is 11.3 Å². The number of anilines is 1. The summed E-state index contributed by atoms with van der Waals surface area (Å²) in [7, 11) is 0. The summed E-state index contributed by atoms with van der Waals surface area (Å²) in [6.07, 6.45) is 2.93. The largest absolute Gasteiger partial charge is 0.363 e. The van der Waals surface area contributed by atoms with Crippen LogP contribution in [0.25, 0.3) is 0 Å². The summed E-state index contributed by atoms with van der Waals surface area (Å²) in [4.78, 5) is 7.15. The molecule has 0 aliphatic rings. The number of nitrogens with one attached hydrogen (secondary N) is 1. The molecule has 17 heavy (non-hydrogen) atoms. The summed E-state index contributed by atoms with van der Waals surface area (Å²) < 4.78 is 0. The van der Waals surface area contributed by atoms with Gasteiger partial charge in [0.05, 0.1) is 6.04 Å². The van der Waals surface area contributed by atoms with Crippen molar-refractivity contribution in [2.45, 2.75) is 33.2 Å². The highest BCUT2D eigenvalue weighted by Gasteiger charge is 2.10. The molecule has 0 saturated carbocycles. The number of aryl methyl sites for hydroxylation is 2. The molecule has 0 saturated heterocycles. The van der Waals surface area contributed by atoms with Crippen LogP contribution in [-0.2, 0) is 6.42 Å². The third-order valence-corrected chi connectivity index (χ3v) is 4.38. The van der Waals surface area contributed by atoms with Crippen LogP contribution in [0.1, 0.15) is 35.2 Å². The second kappa shape index (κ2) is 5.32. The fraction of sp³-hybridized carbons (Fsp3) is 0.357. The van der Waals surface area contributed by atoms with Gasteiger partial charge in [0.1, 0.15) is 5.82 Å². The van der Waals surface area contributed by atoms with Gasteiger partial charge >= 0.3 is 0 Å². The van der Waals surface area contributed by atoms with Crippen LogP contribution in [0.4, 0.5) is 5.82 Å². The highest BCUT2D eigenvalue weighted by Crippen LogP contribution is 2.29. The van der Waals surface area contributed by atoms with E-state index in [9.17, 15) is 0 Å². The number of hydrogen-bond donors (Lipinski definition) is 1. The Bertz CT molecular complexity index is 476. The van der Waals surface area contributed by atoms with E-state index in [4.69, 9.17) is 0 Å². The second-order valence-corrected chi connectivity index (χ2v) is 5.36. The van der Waals surface area contributed by atoms with Crippen molar-refractivity contribution in [3.05, 3.63) is 45.8 Å². The van der Waals surface area contributed by atoms with E-state index in [-0.39, 0.29) is 0 Å². The number of rotatable bonds is 4. The predicted molar refractivity (Wildman–Crippen MR) is 74.7 cm³/mol. The number of hydrogen-bond acceptors (Lipinski definition) is 3. The van der Waals surface area contributed by atoms with Gasteiger partial charge in [-0.25, -0.2) is 4.98 Å². The Balaban J connectivity index is 2.12. The van der Waals surface area contributed by atoms with E-state index >= 15 is 0 Å². The molecular weight excluding hydrogens is 228 g/mol. The zero-order chi connectivity index (χ0) is 12.3. The lowest BCUT2D eigenvalue weighted by Crippen LogP contribution is -2.05. The zero-order valence-corrected chi connectivity index (χ0v) is 11.3. The van der Waals surface area contributed by atoms with Crippen molar-refractivity contribution >= 4 is 17.2 Å². The van der Waals surface area contributed by atoms with E-state index in [1.165, 1.54) is 15.3 Å². The lowest BCUT2D eigenvalue weighted by Gasteiger charge is -2.12. The van der Waals surface area contributed by atoms with Gasteiger partial charge in [0, 0.05) is 16.0 Å². The highest BCUT2D eigenvalue weighted by molar-refractivity contribution is 7.12. The topological polar surface area (TPSA) is 24.9 Å². The van der Waals surface area contributed by atoms with Crippen LogP contribution in [-0.4, -0.2) is 4.98 Å². The Labute approximate surface area is 107 Å². The maximum absolute atomic E-state index is 4.29. The maximum atomic E-state index is 4.29. The van der Waals surface area contributed by atoms with E-state index in [0.717, 1.165) is 12.2 Å². The van der Waals surface area contributed by atoms with Gasteiger partial charge in [-0.1, -0.05) is 13.0 Å². The van der Waals surface area contributed by atoms with Gasteiger partial charge in [0.25, 0.3) is 0 Å². The Kier molecular flexibility index (Phi) is 3.79. The quantitative estimate of drug-likeness (QED) is 0.875. The molecule has 0 aliphatic carbocycles. The maximum Gasteiger partial charge on any atom is 0.126 e. The molecule has 1 atom stereocenters. The van der Waals surface area contributed by atoms with Crippen molar-refractivity contribution in [1.82, 2.24) is 4.98 Å². The van der Waals surface area contributed by atoms with E-state index in [1.54, 1.807) is 0 Å². The first-order chi connectivity index (χ1) is 8.20. The Morgan fingerprint density at radius 1 is 1.41 bits per heavy atom. The fourth-order valence-corrected chi connectivity index (χ4v) is 2.97. The molecule has 2 heterocycles. The molecule has 3 heteroatoms. The number of nitrogens with zero attached hydrogens (tertiary/aromatic N) is 1. The van der Waals surface area contributed by atoms with Crippen molar-refractivity contribution in [3.63, 3.8) is 0 Å². The summed E-state index contributed by atoms with van der Waals surface area (Å²) in [5, 5.41) is 3.42. The number of thiophene rings is 1. The van der Waals surface area contributed by atoms with Crippen LogP contribution < -0.4 is 5.32 Å². The van der Waals surface area contributed by atoms with E-state index in [1.807, 2.05) is 35.7 Å². The lowest BCUT2D eigenvalue weighted by molar-refractivity contribution is 0.896. The SMILES string of the molecule is CCc1sc(C(C)Nc2ccccn2)cc1C. The van der Waals surface area contributed by atoms with E-state index in [2.05, 4.69) is 37.1 Å². The van der Waals surface area contributed by atoms with Crippen LogP contribution in [0.15, 0.2) is 30.5 Å². The second-order valence-electron chi connectivity index (χ2n) is 4.19. The van der Waals surface area contributed by atoms with Crippen molar-refractivity contribution in [3.8, 4) is 0 Å². The smallest absolute Gasteiger partial charge is 0.126 e. The molecule has 2 rings (SSSR count). The average molecular weight is 246 g/mol. The molecule has 0 aliphatic heterocycles. The van der Waals surface area contributed by atoms with Crippen LogP contribution in [0.3, 0.4) is 0 Å². The molecule has 0 bridgehead atoms. The molecule has 0 spiro atoms. The molecule has 2 nitrogen and oxygen atoms in total. The molecule has 1 unspecified atom stereocenters. The van der Waals surface area contributed by atoms with Gasteiger partial charge in [0.15, 0.2) is 0 Å². The van der Waals surface area contributed by atoms with Gasteiger partial charge in [-0.05, 0) is 44.0 Å². The average Bonchev–Trinajstić information content (AvgIpc) is 2.72. The molecule has 0 radical (unpaired) electrons. The molecule has 2 aromatic rings. The third kappa shape index (κ3) is 2.86. The van der Waals surface area contributed by atoms with Crippen LogP contribution >= 0.6 is 11.3 Å². The zero-order valence-electron chi connectivity index (χ0n) is 10.5. The Hall–Kier alpha value is -1.35. The van der Waals surface area contributed by atoms with Crippen LogP contribution in [0.5, 0.6) is 0 Å². The van der Waals surface area contributed by atoms with E-state index < -0.39 is 0 Å².